The van der Waals surface area contributed by atoms with Gasteiger partial charge in [-0.3, -0.25) is 4.79 Å². The molecule has 3 aliphatic rings. The van der Waals surface area contributed by atoms with Crippen LogP contribution in [0.3, 0.4) is 0 Å². The second-order valence-corrected chi connectivity index (χ2v) is 10.3. The normalized spacial score (nSPS) is 25.5. The summed E-state index contributed by atoms with van der Waals surface area (Å²) in [6, 6.07) is 4.29. The average Bonchev–Trinajstić information content (AvgIpc) is 3.46. The largest absolute Gasteiger partial charge is 0.362 e. The highest BCUT2D eigenvalue weighted by atomic mass is 32.2. The fourth-order valence-electron chi connectivity index (χ4n) is 5.54. The molecule has 10 heteroatoms. The number of halogens is 2. The number of amides is 1. The van der Waals surface area contributed by atoms with Crippen LogP contribution in [0.4, 0.5) is 14.5 Å². The first-order valence-electron chi connectivity index (χ1n) is 11.7. The van der Waals surface area contributed by atoms with E-state index in [-0.39, 0.29) is 23.6 Å². The highest BCUT2D eigenvalue weighted by Crippen LogP contribution is 2.37. The minimum absolute atomic E-state index is 0.0788. The van der Waals surface area contributed by atoms with Crippen LogP contribution in [-0.2, 0) is 11.8 Å². The van der Waals surface area contributed by atoms with Crippen LogP contribution in [0.5, 0.6) is 0 Å². The van der Waals surface area contributed by atoms with Crippen LogP contribution in [0.1, 0.15) is 37.4 Å². The number of anilines is 1. The molecular weight excluding hydrogens is 446 g/mol. The SMILES string of the molecule is Cn1c(SCCCN2CC3CCN(c4c(F)cccc4F)C3C2)nnc1C1CCNC(=O)C1. The summed E-state index contributed by atoms with van der Waals surface area (Å²) >= 11 is 1.69. The quantitative estimate of drug-likeness (QED) is 0.490. The van der Waals surface area contributed by atoms with Crippen LogP contribution in [0.15, 0.2) is 23.4 Å². The van der Waals surface area contributed by atoms with Gasteiger partial charge in [0.15, 0.2) is 5.16 Å². The summed E-state index contributed by atoms with van der Waals surface area (Å²) in [5.41, 5.74) is 0.135. The van der Waals surface area contributed by atoms with Gasteiger partial charge in [0, 0.05) is 57.4 Å². The number of thioether (sulfide) groups is 1. The molecule has 4 heterocycles. The van der Waals surface area contributed by atoms with Crippen LogP contribution < -0.4 is 10.2 Å². The Balaban J connectivity index is 1.11. The Morgan fingerprint density at radius 1 is 1.18 bits per heavy atom. The van der Waals surface area contributed by atoms with Crippen LogP contribution in [0, 0.1) is 17.6 Å². The molecular formula is C23H30F2N6OS. The Kier molecular flexibility index (Phi) is 6.56. The molecule has 0 radical (unpaired) electrons. The van der Waals surface area contributed by atoms with Gasteiger partial charge in [-0.05, 0) is 43.9 Å². The maximum Gasteiger partial charge on any atom is 0.220 e. The van der Waals surface area contributed by atoms with Crippen molar-refractivity contribution in [2.75, 3.05) is 43.4 Å². The lowest BCUT2D eigenvalue weighted by Crippen LogP contribution is -2.36. The molecule has 1 aromatic carbocycles. The van der Waals surface area contributed by atoms with Gasteiger partial charge in [-0.25, -0.2) is 8.78 Å². The molecule has 178 valence electrons. The molecule has 1 N–H and O–H groups in total. The number of nitrogens with one attached hydrogen (secondary N) is 1. The number of carbonyl (C=O) groups is 1. The number of aromatic nitrogens is 3. The number of fused-ring (bicyclic) bond motifs is 1. The van der Waals surface area contributed by atoms with E-state index in [1.54, 1.807) is 11.8 Å². The highest BCUT2D eigenvalue weighted by Gasteiger charge is 2.42. The molecule has 2 aromatic rings. The first-order valence-corrected chi connectivity index (χ1v) is 12.7. The summed E-state index contributed by atoms with van der Waals surface area (Å²) in [7, 11) is 1.97. The minimum atomic E-state index is -0.470. The Labute approximate surface area is 196 Å². The van der Waals surface area contributed by atoms with Gasteiger partial charge in [0.05, 0.1) is 0 Å². The van der Waals surface area contributed by atoms with Crippen molar-refractivity contribution in [2.24, 2.45) is 13.0 Å². The van der Waals surface area contributed by atoms with Crippen molar-refractivity contribution < 1.29 is 13.6 Å². The van der Waals surface area contributed by atoms with E-state index < -0.39 is 11.6 Å². The van der Waals surface area contributed by atoms with Crippen molar-refractivity contribution in [1.29, 1.82) is 0 Å². The van der Waals surface area contributed by atoms with E-state index in [1.807, 2.05) is 16.5 Å². The fourth-order valence-corrected chi connectivity index (χ4v) is 6.38. The molecule has 3 saturated heterocycles. The van der Waals surface area contributed by atoms with Gasteiger partial charge in [-0.2, -0.15) is 0 Å². The van der Waals surface area contributed by atoms with Gasteiger partial charge in [0.1, 0.15) is 23.1 Å². The van der Waals surface area contributed by atoms with E-state index in [0.717, 1.165) is 55.6 Å². The number of nitrogens with zero attached hydrogens (tertiary/aromatic N) is 5. The molecule has 1 amide bonds. The number of para-hydroxylation sites is 1. The van der Waals surface area contributed by atoms with Crippen molar-refractivity contribution in [3.63, 3.8) is 0 Å². The molecule has 7 nitrogen and oxygen atoms in total. The lowest BCUT2D eigenvalue weighted by Gasteiger charge is -2.27. The molecule has 1 aromatic heterocycles. The van der Waals surface area contributed by atoms with Crippen molar-refractivity contribution in [3.8, 4) is 0 Å². The average molecular weight is 477 g/mol. The first kappa shape index (κ1) is 22.6. The van der Waals surface area contributed by atoms with E-state index in [4.69, 9.17) is 0 Å². The lowest BCUT2D eigenvalue weighted by molar-refractivity contribution is -0.122. The van der Waals surface area contributed by atoms with Crippen LogP contribution >= 0.6 is 11.8 Å². The number of piperidine rings is 1. The zero-order chi connectivity index (χ0) is 22.9. The summed E-state index contributed by atoms with van der Waals surface area (Å²) in [4.78, 5) is 16.1. The maximum absolute atomic E-state index is 14.3. The third kappa shape index (κ3) is 4.59. The maximum atomic E-state index is 14.3. The third-order valence-electron chi connectivity index (χ3n) is 7.18. The second-order valence-electron chi connectivity index (χ2n) is 9.28. The van der Waals surface area contributed by atoms with Crippen LogP contribution in [-0.4, -0.2) is 70.1 Å². The van der Waals surface area contributed by atoms with Gasteiger partial charge in [0.2, 0.25) is 5.91 Å². The summed E-state index contributed by atoms with van der Waals surface area (Å²) in [6.45, 7) is 4.20. The standard InChI is InChI=1S/C23H30F2N6OS/c1-29-22(15-6-8-26-20(32)12-15)27-28-23(29)33-11-3-9-30-13-16-7-10-31(19(16)14-30)21-17(24)4-2-5-18(21)25/h2,4-5,15-16,19H,3,6-14H2,1H3,(H,26,32). The van der Waals surface area contributed by atoms with Crippen LogP contribution in [0.25, 0.3) is 0 Å². The highest BCUT2D eigenvalue weighted by molar-refractivity contribution is 7.99. The second kappa shape index (κ2) is 9.58. The van der Waals surface area contributed by atoms with E-state index in [0.29, 0.717) is 25.4 Å². The topological polar surface area (TPSA) is 66.3 Å². The van der Waals surface area contributed by atoms with E-state index in [9.17, 15) is 13.6 Å². The molecule has 0 aliphatic carbocycles. The fraction of sp³-hybridized carbons (Fsp3) is 0.609. The summed E-state index contributed by atoms with van der Waals surface area (Å²) in [5, 5.41) is 12.4. The third-order valence-corrected chi connectivity index (χ3v) is 8.28. The molecule has 0 saturated carbocycles. The van der Waals surface area contributed by atoms with Gasteiger partial charge < -0.3 is 19.7 Å². The molecule has 0 bridgehead atoms. The number of carbonyl (C=O) groups excluding carboxylic acids is 1. The summed E-state index contributed by atoms with van der Waals surface area (Å²) < 4.78 is 30.6. The minimum Gasteiger partial charge on any atom is -0.362 e. The molecule has 33 heavy (non-hydrogen) atoms. The smallest absolute Gasteiger partial charge is 0.220 e. The Morgan fingerprint density at radius 2 is 2.00 bits per heavy atom. The summed E-state index contributed by atoms with van der Waals surface area (Å²) in [6.07, 6.45) is 3.35. The number of benzene rings is 1. The molecule has 0 spiro atoms. The number of rotatable bonds is 7. The van der Waals surface area contributed by atoms with Crippen molar-refractivity contribution in [1.82, 2.24) is 25.0 Å². The number of hydrogen-bond donors (Lipinski definition) is 1. The zero-order valence-corrected chi connectivity index (χ0v) is 19.7. The Morgan fingerprint density at radius 3 is 2.79 bits per heavy atom. The lowest BCUT2D eigenvalue weighted by atomic mass is 9.97. The van der Waals surface area contributed by atoms with Gasteiger partial charge >= 0.3 is 0 Å². The van der Waals surface area contributed by atoms with E-state index >= 15 is 0 Å². The Bertz CT molecular complexity index is 997. The van der Waals surface area contributed by atoms with E-state index in [1.165, 1.54) is 18.2 Å². The molecule has 3 aliphatic heterocycles. The predicted molar refractivity (Wildman–Crippen MR) is 123 cm³/mol. The molecule has 3 atom stereocenters. The van der Waals surface area contributed by atoms with Gasteiger partial charge in [-0.1, -0.05) is 17.8 Å². The molecule has 3 fully saturated rings. The first-order chi connectivity index (χ1) is 16.0. The Hall–Kier alpha value is -2.20. The predicted octanol–water partition coefficient (Wildman–Crippen LogP) is 2.78. The summed E-state index contributed by atoms with van der Waals surface area (Å²) in [5.74, 6) is 1.55. The monoisotopic (exact) mass is 476 g/mol. The van der Waals surface area contributed by atoms with Crippen molar-refractivity contribution in [3.05, 3.63) is 35.7 Å². The molecule has 5 rings (SSSR count). The van der Waals surface area contributed by atoms with Gasteiger partial charge in [-0.15, -0.1) is 10.2 Å². The van der Waals surface area contributed by atoms with E-state index in [2.05, 4.69) is 20.4 Å². The number of likely N-dealkylation sites (tertiary alicyclic amines) is 1. The van der Waals surface area contributed by atoms with Crippen molar-refractivity contribution in [2.45, 2.75) is 42.8 Å². The number of hydrogen-bond acceptors (Lipinski definition) is 6. The van der Waals surface area contributed by atoms with Gasteiger partial charge in [0.25, 0.3) is 0 Å². The molecule has 3 unspecified atom stereocenters. The van der Waals surface area contributed by atoms with Crippen molar-refractivity contribution >= 4 is 23.4 Å². The van der Waals surface area contributed by atoms with Crippen LogP contribution in [0.2, 0.25) is 0 Å². The zero-order valence-electron chi connectivity index (χ0n) is 18.8.